The number of ether oxygens (including phenoxy) is 6. The van der Waals surface area contributed by atoms with E-state index in [-0.39, 0.29) is 35.5 Å². The molecule has 0 radical (unpaired) electrons. The lowest BCUT2D eigenvalue weighted by Crippen LogP contribution is -2.46. The van der Waals surface area contributed by atoms with Crippen molar-refractivity contribution in [3.63, 3.8) is 0 Å². The van der Waals surface area contributed by atoms with Gasteiger partial charge in [-0.2, -0.15) is 0 Å². The lowest BCUT2D eigenvalue weighted by Gasteiger charge is -2.38. The fourth-order valence-electron chi connectivity index (χ4n) is 13.1. The lowest BCUT2D eigenvalue weighted by atomic mass is 9.87. The van der Waals surface area contributed by atoms with E-state index in [0.29, 0.717) is 66.0 Å². The molecule has 22 nitrogen and oxygen atoms in total. The Morgan fingerprint density at radius 3 is 1.17 bits per heavy atom. The van der Waals surface area contributed by atoms with Crippen LogP contribution < -0.4 is 50.4 Å². The Morgan fingerprint density at radius 2 is 0.800 bits per heavy atom. The van der Waals surface area contributed by atoms with Crippen LogP contribution in [0.4, 0.5) is 17.1 Å². The van der Waals surface area contributed by atoms with Gasteiger partial charge in [-0.15, -0.1) is 0 Å². The molecule has 0 spiro atoms. The highest BCUT2D eigenvalue weighted by Crippen LogP contribution is 2.37. The summed E-state index contributed by atoms with van der Waals surface area (Å²) < 4.78 is 32.8. The van der Waals surface area contributed by atoms with Crippen molar-refractivity contribution in [1.29, 1.82) is 0 Å². The first-order chi connectivity index (χ1) is 45.3. The number of aromatic nitrogens is 8. The highest BCUT2D eigenvalue weighted by atomic mass is 79.9. The molecule has 4 aliphatic heterocycles. The molecule has 8 aromatic rings. The van der Waals surface area contributed by atoms with Crippen molar-refractivity contribution in [2.24, 2.45) is 47.0 Å². The number of piperidine rings is 4. The predicted octanol–water partition coefficient (Wildman–Crippen LogP) is 11.8. The van der Waals surface area contributed by atoms with E-state index in [1.54, 1.807) is 59.4 Å². The van der Waals surface area contributed by atoms with Gasteiger partial charge in [0.05, 0.1) is 70.5 Å². The van der Waals surface area contributed by atoms with E-state index in [4.69, 9.17) is 39.9 Å². The number of nitrogens with zero attached hydrogens (tertiary/aromatic N) is 11. The highest BCUT2D eigenvalue weighted by molar-refractivity contribution is 9.10. The second kappa shape index (κ2) is 33.7. The molecular weight excluding hydrogens is 1270 g/mol. The molecule has 4 fully saturated rings. The summed E-state index contributed by atoms with van der Waals surface area (Å²) in [6.45, 7) is 27.9. The topological polar surface area (TPSA) is 266 Å². The Morgan fingerprint density at radius 1 is 0.463 bits per heavy atom. The van der Waals surface area contributed by atoms with E-state index in [0.717, 1.165) is 143 Å². The summed E-state index contributed by atoms with van der Waals surface area (Å²) in [6, 6.07) is 16.3. The molecule has 8 atom stereocenters. The van der Waals surface area contributed by atoms with Gasteiger partial charge >= 0.3 is 11.9 Å². The van der Waals surface area contributed by atoms with Crippen molar-refractivity contribution in [1.82, 2.24) is 45.2 Å². The third kappa shape index (κ3) is 20.6. The van der Waals surface area contributed by atoms with Gasteiger partial charge in [-0.3, -0.25) is 29.5 Å². The van der Waals surface area contributed by atoms with E-state index in [9.17, 15) is 9.59 Å². The van der Waals surface area contributed by atoms with E-state index in [2.05, 4.69) is 116 Å². The molecule has 8 aromatic heterocycles. The quantitative estimate of drug-likeness (QED) is 0.102. The number of carbonyl (C=O) groups excluding carboxylic acids is 2. The summed E-state index contributed by atoms with van der Waals surface area (Å²) in [4.78, 5) is 65.6. The molecule has 5 N–H and O–H groups in total. The molecule has 0 aliphatic carbocycles. The maximum absolute atomic E-state index is 12.3. The van der Waals surface area contributed by atoms with Crippen LogP contribution in [0.2, 0.25) is 0 Å². The van der Waals surface area contributed by atoms with E-state index in [1.165, 1.54) is 0 Å². The number of esters is 2. The van der Waals surface area contributed by atoms with Gasteiger partial charge in [0, 0.05) is 115 Å². The van der Waals surface area contributed by atoms with Gasteiger partial charge in [-0.1, -0.05) is 27.7 Å². The fraction of sp³-hybridized carbons (Fsp3) is 0.528. The zero-order chi connectivity index (χ0) is 68.6. The molecule has 95 heavy (non-hydrogen) atoms. The zero-order valence-electron chi connectivity index (χ0n) is 58.0. The molecule has 0 saturated carbocycles. The summed E-state index contributed by atoms with van der Waals surface area (Å²) in [5, 5.41) is 7.52. The molecule has 4 aliphatic rings. The third-order valence-corrected chi connectivity index (χ3v) is 17.3. The SMILES string of the molecule is COc1ncc(Br)c2cccnc12.COc1ncc(N2C[C@@H](C)C[C@@H](CC(=O)OC(C)(C)C)C2)c2cccnc12.COc1ncc(N2C[C@@H](C)C[C@@H](N)C2)c2cccnc12.COc1ncc(N2C[C@@H](C)C[C@@H](N)C2)c2cccnc12.C[C@@H]1CNC[C@H](CC(=O)OC(C)(C)C)C1. The number of rotatable bonds is 11. The van der Waals surface area contributed by atoms with Crippen LogP contribution in [0.5, 0.6) is 23.5 Å². The highest BCUT2D eigenvalue weighted by Gasteiger charge is 2.31. The van der Waals surface area contributed by atoms with Gasteiger partial charge < -0.3 is 59.9 Å². The van der Waals surface area contributed by atoms with Crippen LogP contribution in [-0.4, -0.2) is 156 Å². The van der Waals surface area contributed by atoms with Crippen LogP contribution in [0.15, 0.2) is 103 Å². The van der Waals surface area contributed by atoms with Crippen LogP contribution >= 0.6 is 15.9 Å². The van der Waals surface area contributed by atoms with E-state index in [1.807, 2.05) is 96.5 Å². The minimum Gasteiger partial charge on any atom is -0.479 e. The van der Waals surface area contributed by atoms with E-state index < -0.39 is 5.60 Å². The number of pyridine rings is 8. The fourth-order valence-corrected chi connectivity index (χ4v) is 13.6. The van der Waals surface area contributed by atoms with Gasteiger partial charge in [-0.25, -0.2) is 19.9 Å². The Labute approximate surface area is 568 Å². The first kappa shape index (κ1) is 73.0. The Hall–Kier alpha value is -7.86. The minimum absolute atomic E-state index is 0.0663. The third-order valence-electron chi connectivity index (χ3n) is 16.7. The van der Waals surface area contributed by atoms with Crippen LogP contribution in [0, 0.1) is 35.5 Å². The molecule has 12 heterocycles. The molecule has 23 heteroatoms. The number of carbonyl (C=O) groups is 2. The largest absolute Gasteiger partial charge is 0.479 e. The number of methoxy groups -OCH3 is 4. The van der Waals surface area contributed by atoms with Crippen LogP contribution in [-0.2, 0) is 19.1 Å². The summed E-state index contributed by atoms with van der Waals surface area (Å²) in [6.07, 6.45) is 19.6. The molecule has 0 unspecified atom stereocenters. The second-order valence-corrected chi connectivity index (χ2v) is 28.6. The molecule has 512 valence electrons. The number of fused-ring (bicyclic) bond motifs is 4. The Kier molecular flexibility index (Phi) is 25.9. The van der Waals surface area contributed by atoms with Crippen molar-refractivity contribution in [3.8, 4) is 23.5 Å². The standard InChI is InChI=1S/C21H29N3O3.2C15H20N4O.C12H23NO2.C9H7BrN2O/c1-14-9-15(10-18(25)27-21(2,3)4)13-24(12-14)17-11-23-20(26-5)19-16(17)7-6-8-22-19;2*1-10-6-11(16)9-19(8-10)13-7-18-15(20-2)14-12(13)4-3-5-17-14;1-9-5-10(8-13-7-9)6-11(14)15-12(2,3)4;1-13-9-8-6(3-2-4-11-8)7(10)5-12-9/h6-8,11,14-15H,9-10,12-13H2,1-5H3;2*3-5,7,10-11H,6,8-9,16H2,1-2H3;9-10,13H,5-8H2,1-4H3;2-5H,1H3/t14-,15-;2*10-,11+;9-,10-;/m0000./s1. The number of hydrogen-bond acceptors (Lipinski definition) is 22. The van der Waals surface area contributed by atoms with Crippen LogP contribution in [0.3, 0.4) is 0 Å². The summed E-state index contributed by atoms with van der Waals surface area (Å²) >= 11 is 3.40. The molecule has 12 rings (SSSR count). The minimum atomic E-state index is -0.446. The molecule has 4 saturated heterocycles. The van der Waals surface area contributed by atoms with Gasteiger partial charge in [-0.05, 0) is 180 Å². The number of anilines is 3. The number of nitrogens with one attached hydrogen (secondary N) is 1. The number of halogens is 1. The van der Waals surface area contributed by atoms with Gasteiger partial charge in [0.2, 0.25) is 23.5 Å². The summed E-state index contributed by atoms with van der Waals surface area (Å²) in [7, 11) is 6.43. The lowest BCUT2D eigenvalue weighted by molar-refractivity contribution is -0.157. The zero-order valence-corrected chi connectivity index (χ0v) is 59.6. The van der Waals surface area contributed by atoms with Crippen molar-refractivity contribution in [2.75, 3.05) is 95.5 Å². The first-order valence-corrected chi connectivity index (χ1v) is 33.8. The normalized spacial score (nSPS) is 21.3. The van der Waals surface area contributed by atoms with E-state index >= 15 is 0 Å². The second-order valence-electron chi connectivity index (χ2n) is 27.7. The molecule has 0 amide bonds. The summed E-state index contributed by atoms with van der Waals surface area (Å²) in [5.74, 6) is 5.08. The molecular formula is C72H99BrN14O8. The van der Waals surface area contributed by atoms with Gasteiger partial charge in [0.15, 0.2) is 0 Å². The number of nitrogens with two attached hydrogens (primary N) is 2. The van der Waals surface area contributed by atoms with Gasteiger partial charge in [0.25, 0.3) is 0 Å². The Bertz CT molecular complexity index is 3690. The Balaban J connectivity index is 0.000000155. The molecule has 0 bridgehead atoms. The van der Waals surface area contributed by atoms with Crippen LogP contribution in [0.25, 0.3) is 43.6 Å². The maximum Gasteiger partial charge on any atom is 0.306 e. The smallest absolute Gasteiger partial charge is 0.306 e. The first-order valence-electron chi connectivity index (χ1n) is 33.0. The average molecular weight is 1370 g/mol. The van der Waals surface area contributed by atoms with Crippen molar-refractivity contribution >= 4 is 88.5 Å². The average Bonchev–Trinajstić information content (AvgIpc) is 0.808. The molecule has 0 aromatic carbocycles. The van der Waals surface area contributed by atoms with Crippen molar-refractivity contribution < 1.29 is 38.0 Å². The van der Waals surface area contributed by atoms with Crippen molar-refractivity contribution in [2.45, 2.75) is 131 Å². The maximum atomic E-state index is 12.3. The number of hydrogen-bond donors (Lipinski definition) is 3. The predicted molar refractivity (Wildman–Crippen MR) is 381 cm³/mol. The summed E-state index contributed by atoms with van der Waals surface area (Å²) in [5.41, 5.74) is 17.9. The van der Waals surface area contributed by atoms with Crippen molar-refractivity contribution in [3.05, 3.63) is 103 Å². The van der Waals surface area contributed by atoms with Crippen LogP contribution in [0.1, 0.15) is 108 Å². The monoisotopic (exact) mass is 1370 g/mol. The van der Waals surface area contributed by atoms with Gasteiger partial charge in [0.1, 0.15) is 33.3 Å².